The van der Waals surface area contributed by atoms with Gasteiger partial charge in [-0.2, -0.15) is 0 Å². The maximum Gasteiger partial charge on any atom is 0.327 e. The highest BCUT2D eigenvalue weighted by Gasteiger charge is 2.50. The summed E-state index contributed by atoms with van der Waals surface area (Å²) < 4.78 is 23.5. The summed E-state index contributed by atoms with van der Waals surface area (Å²) in [6.07, 6.45) is -1.64. The molecule has 2 heterocycles. The number of anilines is 1. The molecule has 174 valence electrons. The van der Waals surface area contributed by atoms with Crippen LogP contribution in [0, 0.1) is 0 Å². The van der Waals surface area contributed by atoms with Crippen molar-refractivity contribution in [3.05, 3.63) is 51.8 Å². The third kappa shape index (κ3) is 5.37. The molecule has 12 heteroatoms. The van der Waals surface area contributed by atoms with Gasteiger partial charge in [-0.3, -0.25) is 13.7 Å². The van der Waals surface area contributed by atoms with Crippen molar-refractivity contribution in [2.45, 2.75) is 43.2 Å². The number of aliphatic hydroxyl groups excluding tert-OH is 1. The molecule has 0 spiro atoms. The molecule has 1 aliphatic heterocycles. The van der Waals surface area contributed by atoms with Gasteiger partial charge in [0, 0.05) is 4.75 Å². The summed E-state index contributed by atoms with van der Waals surface area (Å²) in [5.74, 6) is -1.85. The van der Waals surface area contributed by atoms with E-state index in [1.165, 1.54) is 23.1 Å². The zero-order valence-electron chi connectivity index (χ0n) is 17.3. The molecule has 0 bridgehead atoms. The normalized spacial score (nSPS) is 20.5. The fraction of sp³-hybridized carbons (Fsp3) is 0.400. The Balaban J connectivity index is 1.99. The first-order valence-corrected chi connectivity index (χ1v) is 13.2. The highest BCUT2D eigenvalue weighted by molar-refractivity contribution is 9.11. The van der Waals surface area contributed by atoms with Crippen molar-refractivity contribution in [2.75, 3.05) is 10.2 Å². The lowest BCUT2D eigenvalue weighted by molar-refractivity contribution is -0.153. The molecule has 3 N–H and O–H groups in total. The predicted octanol–water partition coefficient (Wildman–Crippen LogP) is 3.19. The third-order valence-electron chi connectivity index (χ3n) is 5.21. The van der Waals surface area contributed by atoms with Gasteiger partial charge < -0.3 is 15.1 Å². The van der Waals surface area contributed by atoms with Crippen LogP contribution in [0.5, 0.6) is 0 Å². The van der Waals surface area contributed by atoms with E-state index >= 15 is 0 Å². The second-order valence-electron chi connectivity index (χ2n) is 7.76. The van der Waals surface area contributed by atoms with E-state index in [1.54, 1.807) is 50.2 Å². The number of aliphatic carboxylic acids is 1. The lowest BCUT2D eigenvalue weighted by Gasteiger charge is -2.35. The quantitative estimate of drug-likeness (QED) is 0.423. The van der Waals surface area contributed by atoms with E-state index in [-0.39, 0.29) is 12.3 Å². The van der Waals surface area contributed by atoms with Crippen LogP contribution in [-0.2, 0) is 27.3 Å². The molecule has 1 fully saturated rings. The van der Waals surface area contributed by atoms with E-state index in [2.05, 4.69) is 15.9 Å². The van der Waals surface area contributed by atoms with Crippen LogP contribution in [0.2, 0.25) is 0 Å². The minimum atomic E-state index is -2.55. The number of benzene rings is 1. The summed E-state index contributed by atoms with van der Waals surface area (Å²) >= 11 is 3.27. The molecule has 1 amide bonds. The molecular weight excluding hydrogens is 540 g/mol. The first-order valence-electron chi connectivity index (χ1n) is 9.57. The summed E-state index contributed by atoms with van der Waals surface area (Å²) in [5, 5.41) is 21.3. The fourth-order valence-electron chi connectivity index (χ4n) is 3.68. The van der Waals surface area contributed by atoms with E-state index in [0.29, 0.717) is 8.79 Å². The molecule has 1 aromatic carbocycles. The molecule has 32 heavy (non-hydrogen) atoms. The van der Waals surface area contributed by atoms with Crippen LogP contribution in [0.3, 0.4) is 0 Å². The number of aliphatic hydroxyl groups is 1. The molecule has 8 nitrogen and oxygen atoms in total. The Morgan fingerprint density at radius 2 is 1.94 bits per heavy atom. The van der Waals surface area contributed by atoms with Crippen LogP contribution >= 0.6 is 39.0 Å². The number of carboxylic acids is 1. The minimum absolute atomic E-state index is 0.0949. The number of hydrogen-bond acceptors (Lipinski definition) is 6. The number of nitrogens with zero attached hydrogens (tertiary/aromatic N) is 2. The molecule has 1 aliphatic rings. The van der Waals surface area contributed by atoms with E-state index in [0.717, 1.165) is 14.8 Å². The van der Waals surface area contributed by atoms with Gasteiger partial charge in [0.2, 0.25) is 0 Å². The van der Waals surface area contributed by atoms with Gasteiger partial charge in [-0.1, -0.05) is 30.3 Å². The number of carbonyl (C=O) groups excluding carboxylic acids is 1. The number of halogens is 1. The van der Waals surface area contributed by atoms with E-state index < -0.39 is 46.1 Å². The molecule has 4 atom stereocenters. The van der Waals surface area contributed by atoms with Crippen molar-refractivity contribution in [3.8, 4) is 0 Å². The van der Waals surface area contributed by atoms with E-state index in [9.17, 15) is 28.6 Å². The number of carbonyl (C=O) groups is 2. The van der Waals surface area contributed by atoms with Gasteiger partial charge in [0.25, 0.3) is 17.2 Å². The molecule has 0 saturated carbocycles. The topological polar surface area (TPSA) is 118 Å². The average Bonchev–Trinajstić information content (AvgIpc) is 3.29. The van der Waals surface area contributed by atoms with Crippen LogP contribution < -0.4 is 4.31 Å². The van der Waals surface area contributed by atoms with Crippen molar-refractivity contribution in [2.24, 2.45) is 0 Å². The van der Waals surface area contributed by atoms with Gasteiger partial charge in [-0.25, -0.2) is 9.00 Å². The zero-order chi connectivity index (χ0) is 23.6. The number of carboxylic acid groups (broad SMARTS) is 1. The summed E-state index contributed by atoms with van der Waals surface area (Å²) in [6, 6.07) is 10.1. The Morgan fingerprint density at radius 3 is 2.47 bits per heavy atom. The highest BCUT2D eigenvalue weighted by Crippen LogP contribution is 2.40. The van der Waals surface area contributed by atoms with Gasteiger partial charge in [-0.15, -0.1) is 23.1 Å². The van der Waals surface area contributed by atoms with Crippen molar-refractivity contribution in [3.63, 3.8) is 0 Å². The molecule has 0 radical (unpaired) electrons. The third-order valence-corrected chi connectivity index (χ3v) is 9.13. The molecular formula is C20H23BrN2O6S3. The summed E-state index contributed by atoms with van der Waals surface area (Å²) in [6.45, 7) is 3.46. The molecule has 0 aliphatic carbocycles. The first-order chi connectivity index (χ1) is 15.0. The number of thiophene rings is 1. The van der Waals surface area contributed by atoms with Crippen molar-refractivity contribution in [1.82, 2.24) is 4.90 Å². The van der Waals surface area contributed by atoms with Gasteiger partial charge in [0.05, 0.1) is 15.7 Å². The van der Waals surface area contributed by atoms with Crippen LogP contribution in [0.4, 0.5) is 5.00 Å². The zero-order valence-corrected chi connectivity index (χ0v) is 21.3. The Kier molecular flexibility index (Phi) is 8.05. The van der Waals surface area contributed by atoms with Gasteiger partial charge in [-0.05, 0) is 53.9 Å². The van der Waals surface area contributed by atoms with E-state index in [4.69, 9.17) is 0 Å². The molecule has 1 aromatic heterocycles. The maximum absolute atomic E-state index is 13.3. The lowest BCUT2D eigenvalue weighted by Crippen LogP contribution is -2.57. The van der Waals surface area contributed by atoms with Crippen LogP contribution in [0.15, 0.2) is 46.3 Å². The van der Waals surface area contributed by atoms with Crippen molar-refractivity contribution < 1.29 is 28.6 Å². The lowest BCUT2D eigenvalue weighted by atomic mass is 9.98. The van der Waals surface area contributed by atoms with Crippen molar-refractivity contribution in [1.29, 1.82) is 0 Å². The Morgan fingerprint density at radius 1 is 1.28 bits per heavy atom. The minimum Gasteiger partial charge on any atom is -0.480 e. The second kappa shape index (κ2) is 10.2. The SMILES string of the molecule is CC1(C)SCN(C(=O)C(O)C(Cc2ccccc2)N(c2ccc(Br)s2)S(=O)O)C1C(=O)O. The Hall–Kier alpha value is -1.44. The monoisotopic (exact) mass is 562 g/mol. The second-order valence-corrected chi connectivity index (χ2v) is 12.7. The number of rotatable bonds is 8. The van der Waals surface area contributed by atoms with Gasteiger partial charge in [0.1, 0.15) is 11.0 Å². The molecule has 2 aromatic rings. The highest BCUT2D eigenvalue weighted by atomic mass is 79.9. The Bertz CT molecular complexity index is 1000. The molecule has 4 unspecified atom stereocenters. The maximum atomic E-state index is 13.3. The Labute approximate surface area is 205 Å². The van der Waals surface area contributed by atoms with Gasteiger partial charge in [0.15, 0.2) is 6.10 Å². The number of thioether (sulfide) groups is 1. The fourth-order valence-corrected chi connectivity index (χ4v) is 7.08. The van der Waals surface area contributed by atoms with Crippen molar-refractivity contribution >= 4 is 67.2 Å². The summed E-state index contributed by atoms with van der Waals surface area (Å²) in [5.41, 5.74) is 0.751. The first kappa shape index (κ1) is 25.2. The summed E-state index contributed by atoms with van der Waals surface area (Å²) in [4.78, 5) is 26.4. The van der Waals surface area contributed by atoms with Crippen LogP contribution in [0.25, 0.3) is 0 Å². The smallest absolute Gasteiger partial charge is 0.327 e. The largest absolute Gasteiger partial charge is 0.480 e. The van der Waals surface area contributed by atoms with Gasteiger partial charge >= 0.3 is 5.97 Å². The standard InChI is InChI=1S/C20H23BrN2O6S3/c1-20(2)17(19(26)27)22(11-30-20)18(25)16(24)13(10-12-6-4-3-5-7-12)23(32(28)29)15-9-8-14(21)31-15/h3-9,13,16-17,24H,10-11H2,1-2H3,(H,26,27)(H,28,29). The summed E-state index contributed by atoms with van der Waals surface area (Å²) in [7, 11) is 0. The van der Waals surface area contributed by atoms with Crippen LogP contribution in [-0.4, -0.2) is 64.6 Å². The number of hydrogen-bond donors (Lipinski definition) is 3. The van der Waals surface area contributed by atoms with Crippen LogP contribution in [0.1, 0.15) is 19.4 Å². The molecule has 1 saturated heterocycles. The predicted molar refractivity (Wildman–Crippen MR) is 130 cm³/mol. The average molecular weight is 564 g/mol. The molecule has 3 rings (SSSR count). The number of amides is 1. The van der Waals surface area contributed by atoms with E-state index in [1.807, 2.05) is 6.07 Å².